The Morgan fingerprint density at radius 1 is 1.14 bits per heavy atom. The number of carbonyl (C=O) groups is 1. The standard InChI is InChI=1S/C20H24Cl2N4O2.HI/c1-13(27)25-18-10-14(6-8-19(18)28-4)11-24-20(23-2)26(3)12-15-5-7-16(21)17(22)9-15;/h5-10H,11-12H2,1-4H3,(H,23,24)(H,25,27);1H. The van der Waals surface area contributed by atoms with Crippen molar-refractivity contribution in [3.8, 4) is 5.75 Å². The van der Waals surface area contributed by atoms with E-state index >= 15 is 0 Å². The summed E-state index contributed by atoms with van der Waals surface area (Å²) in [6.07, 6.45) is 0. The quantitative estimate of drug-likeness (QED) is 0.308. The maximum atomic E-state index is 11.4. The first kappa shape index (κ1) is 25.3. The van der Waals surface area contributed by atoms with Crippen molar-refractivity contribution in [1.29, 1.82) is 0 Å². The maximum absolute atomic E-state index is 11.4. The number of nitrogens with one attached hydrogen (secondary N) is 2. The summed E-state index contributed by atoms with van der Waals surface area (Å²) < 4.78 is 5.28. The zero-order chi connectivity index (χ0) is 20.7. The number of nitrogens with zero attached hydrogens (tertiary/aromatic N) is 2. The normalized spacial score (nSPS) is 10.8. The fourth-order valence-electron chi connectivity index (χ4n) is 2.71. The molecule has 0 saturated carbocycles. The fraction of sp³-hybridized carbons (Fsp3) is 0.300. The van der Waals surface area contributed by atoms with Gasteiger partial charge in [0.2, 0.25) is 5.91 Å². The van der Waals surface area contributed by atoms with Gasteiger partial charge in [-0.1, -0.05) is 35.3 Å². The average Bonchev–Trinajstić information content (AvgIpc) is 2.65. The fourth-order valence-corrected chi connectivity index (χ4v) is 3.03. The number of anilines is 1. The Hall–Kier alpha value is -1.71. The van der Waals surface area contributed by atoms with E-state index in [2.05, 4.69) is 15.6 Å². The van der Waals surface area contributed by atoms with E-state index in [1.54, 1.807) is 20.2 Å². The molecule has 2 aromatic carbocycles. The van der Waals surface area contributed by atoms with Crippen LogP contribution in [0, 0.1) is 0 Å². The molecule has 2 rings (SSSR count). The third-order valence-corrected chi connectivity index (χ3v) is 4.74. The Morgan fingerprint density at radius 2 is 1.83 bits per heavy atom. The molecule has 0 aromatic heterocycles. The summed E-state index contributed by atoms with van der Waals surface area (Å²) in [6, 6.07) is 11.2. The Bertz CT molecular complexity index is 878. The highest BCUT2D eigenvalue weighted by Gasteiger charge is 2.10. The molecule has 158 valence electrons. The summed E-state index contributed by atoms with van der Waals surface area (Å²) in [5.41, 5.74) is 2.64. The summed E-state index contributed by atoms with van der Waals surface area (Å²) in [4.78, 5) is 17.7. The van der Waals surface area contributed by atoms with E-state index in [4.69, 9.17) is 27.9 Å². The molecule has 29 heavy (non-hydrogen) atoms. The average molecular weight is 551 g/mol. The van der Waals surface area contributed by atoms with Crippen molar-refractivity contribution in [3.05, 3.63) is 57.6 Å². The van der Waals surface area contributed by atoms with E-state index in [0.29, 0.717) is 34.6 Å². The number of guanidine groups is 1. The monoisotopic (exact) mass is 550 g/mol. The van der Waals surface area contributed by atoms with Crippen LogP contribution in [-0.4, -0.2) is 38.0 Å². The molecule has 0 radical (unpaired) electrons. The molecule has 1 amide bonds. The molecule has 2 aromatic rings. The van der Waals surface area contributed by atoms with Gasteiger partial charge >= 0.3 is 0 Å². The van der Waals surface area contributed by atoms with Crippen LogP contribution in [0.5, 0.6) is 5.75 Å². The number of halogens is 3. The van der Waals surface area contributed by atoms with E-state index in [9.17, 15) is 4.79 Å². The highest BCUT2D eigenvalue weighted by Crippen LogP contribution is 2.25. The molecular formula is C20H25Cl2IN4O2. The van der Waals surface area contributed by atoms with Gasteiger partial charge in [0.1, 0.15) is 5.75 Å². The van der Waals surface area contributed by atoms with Crippen molar-refractivity contribution in [1.82, 2.24) is 10.2 Å². The van der Waals surface area contributed by atoms with Gasteiger partial charge in [0.25, 0.3) is 0 Å². The van der Waals surface area contributed by atoms with Crippen LogP contribution in [0.1, 0.15) is 18.1 Å². The molecule has 0 saturated heterocycles. The molecule has 0 unspecified atom stereocenters. The van der Waals surface area contributed by atoms with E-state index in [-0.39, 0.29) is 29.9 Å². The van der Waals surface area contributed by atoms with Gasteiger partial charge in [-0.15, -0.1) is 24.0 Å². The Balaban J connectivity index is 0.00000420. The lowest BCUT2D eigenvalue weighted by Crippen LogP contribution is -2.38. The van der Waals surface area contributed by atoms with Crippen LogP contribution < -0.4 is 15.4 Å². The molecule has 0 fully saturated rings. The predicted molar refractivity (Wildman–Crippen MR) is 131 cm³/mol. The number of amides is 1. The second-order valence-electron chi connectivity index (χ2n) is 6.22. The summed E-state index contributed by atoms with van der Waals surface area (Å²) >= 11 is 12.1. The molecule has 0 heterocycles. The highest BCUT2D eigenvalue weighted by molar-refractivity contribution is 14.0. The molecule has 0 bridgehead atoms. The zero-order valence-electron chi connectivity index (χ0n) is 16.8. The molecule has 6 nitrogen and oxygen atoms in total. The first-order valence-corrected chi connectivity index (χ1v) is 9.39. The third-order valence-electron chi connectivity index (χ3n) is 4.00. The minimum Gasteiger partial charge on any atom is -0.495 e. The van der Waals surface area contributed by atoms with Crippen LogP contribution in [0.4, 0.5) is 5.69 Å². The van der Waals surface area contributed by atoms with E-state index in [1.165, 1.54) is 6.92 Å². The van der Waals surface area contributed by atoms with Crippen LogP contribution in [0.25, 0.3) is 0 Å². The van der Waals surface area contributed by atoms with Gasteiger partial charge < -0.3 is 20.3 Å². The first-order chi connectivity index (χ1) is 13.3. The second-order valence-corrected chi connectivity index (χ2v) is 7.04. The number of aliphatic imine (C=N–C) groups is 1. The lowest BCUT2D eigenvalue weighted by molar-refractivity contribution is -0.114. The molecule has 9 heteroatoms. The smallest absolute Gasteiger partial charge is 0.221 e. The molecule has 0 atom stereocenters. The van der Waals surface area contributed by atoms with Crippen LogP contribution in [0.15, 0.2) is 41.4 Å². The Labute approximate surface area is 198 Å². The van der Waals surface area contributed by atoms with Crippen molar-refractivity contribution >= 4 is 64.7 Å². The molecule has 0 aliphatic rings. The Kier molecular flexibility index (Phi) is 10.6. The number of carbonyl (C=O) groups excluding carboxylic acids is 1. The van der Waals surface area contributed by atoms with Gasteiger partial charge in [0.15, 0.2) is 5.96 Å². The van der Waals surface area contributed by atoms with E-state index in [0.717, 1.165) is 17.1 Å². The van der Waals surface area contributed by atoms with Gasteiger partial charge in [-0.25, -0.2) is 0 Å². The van der Waals surface area contributed by atoms with Crippen molar-refractivity contribution in [2.24, 2.45) is 4.99 Å². The van der Waals surface area contributed by atoms with E-state index in [1.807, 2.05) is 42.3 Å². The van der Waals surface area contributed by atoms with Crippen molar-refractivity contribution < 1.29 is 9.53 Å². The van der Waals surface area contributed by atoms with Crippen molar-refractivity contribution in [2.75, 3.05) is 26.5 Å². The van der Waals surface area contributed by atoms with Gasteiger partial charge in [0.05, 0.1) is 22.8 Å². The lowest BCUT2D eigenvalue weighted by atomic mass is 10.2. The minimum atomic E-state index is -0.152. The molecule has 0 aliphatic heterocycles. The lowest BCUT2D eigenvalue weighted by Gasteiger charge is -2.22. The first-order valence-electron chi connectivity index (χ1n) is 8.64. The largest absolute Gasteiger partial charge is 0.495 e. The maximum Gasteiger partial charge on any atom is 0.221 e. The number of ether oxygens (including phenoxy) is 1. The number of hydrogen-bond acceptors (Lipinski definition) is 3. The van der Waals surface area contributed by atoms with Crippen LogP contribution >= 0.6 is 47.2 Å². The van der Waals surface area contributed by atoms with Gasteiger partial charge in [-0.05, 0) is 35.4 Å². The van der Waals surface area contributed by atoms with Gasteiger partial charge in [0, 0.05) is 34.1 Å². The summed E-state index contributed by atoms with van der Waals surface area (Å²) in [5.74, 6) is 1.18. The molecular weight excluding hydrogens is 526 g/mol. The molecule has 2 N–H and O–H groups in total. The Morgan fingerprint density at radius 3 is 2.41 bits per heavy atom. The number of rotatable bonds is 6. The summed E-state index contributed by atoms with van der Waals surface area (Å²) in [5, 5.41) is 7.15. The van der Waals surface area contributed by atoms with E-state index < -0.39 is 0 Å². The predicted octanol–water partition coefficient (Wildman–Crippen LogP) is 4.79. The third kappa shape index (κ3) is 7.56. The minimum absolute atomic E-state index is 0. The molecule has 0 spiro atoms. The summed E-state index contributed by atoms with van der Waals surface area (Å²) in [7, 11) is 5.23. The topological polar surface area (TPSA) is 66.0 Å². The number of benzene rings is 2. The number of hydrogen-bond donors (Lipinski definition) is 2. The van der Waals surface area contributed by atoms with Crippen LogP contribution in [0.2, 0.25) is 10.0 Å². The SMILES string of the molecule is CN=C(NCc1ccc(OC)c(NC(C)=O)c1)N(C)Cc1ccc(Cl)c(Cl)c1.I. The second kappa shape index (κ2) is 12.1. The van der Waals surface area contributed by atoms with Crippen molar-refractivity contribution in [3.63, 3.8) is 0 Å². The van der Waals surface area contributed by atoms with Crippen LogP contribution in [-0.2, 0) is 17.9 Å². The highest BCUT2D eigenvalue weighted by atomic mass is 127. The van der Waals surface area contributed by atoms with Gasteiger partial charge in [-0.2, -0.15) is 0 Å². The number of methoxy groups -OCH3 is 1. The van der Waals surface area contributed by atoms with Gasteiger partial charge in [-0.3, -0.25) is 9.79 Å². The molecule has 0 aliphatic carbocycles. The van der Waals surface area contributed by atoms with Crippen molar-refractivity contribution in [2.45, 2.75) is 20.0 Å². The van der Waals surface area contributed by atoms with Crippen LogP contribution in [0.3, 0.4) is 0 Å². The summed E-state index contributed by atoms with van der Waals surface area (Å²) in [6.45, 7) is 2.62. The zero-order valence-corrected chi connectivity index (χ0v) is 20.6.